The molecule has 0 bridgehead atoms. The number of hydrazine groups is 1. The minimum atomic E-state index is 0.396. The summed E-state index contributed by atoms with van der Waals surface area (Å²) in [5.41, 5.74) is 3.69. The van der Waals surface area contributed by atoms with Gasteiger partial charge in [-0.15, -0.1) is 0 Å². The van der Waals surface area contributed by atoms with Gasteiger partial charge in [-0.3, -0.25) is 16.2 Å². The summed E-state index contributed by atoms with van der Waals surface area (Å²) in [7, 11) is 0. The van der Waals surface area contributed by atoms with Crippen LogP contribution in [0.2, 0.25) is 0 Å². The summed E-state index contributed by atoms with van der Waals surface area (Å²) in [5, 5.41) is 0. The Morgan fingerprint density at radius 3 is 2.11 bits per heavy atom. The van der Waals surface area contributed by atoms with E-state index in [1.165, 1.54) is 83.7 Å². The summed E-state index contributed by atoms with van der Waals surface area (Å²) in [6.07, 6.45) is 15.4. The lowest BCUT2D eigenvalue weighted by atomic mass is 9.73. The van der Waals surface area contributed by atoms with E-state index >= 15 is 0 Å². The molecule has 3 nitrogen and oxygen atoms in total. The molecule has 0 radical (unpaired) electrons. The van der Waals surface area contributed by atoms with Crippen LogP contribution in [0.3, 0.4) is 0 Å². The van der Waals surface area contributed by atoms with Crippen molar-refractivity contribution in [3.05, 3.63) is 0 Å². The second-order valence-electron chi connectivity index (χ2n) is 7.05. The zero-order valence-corrected chi connectivity index (χ0v) is 12.4. The highest BCUT2D eigenvalue weighted by Gasteiger charge is 2.48. The first-order valence-electron chi connectivity index (χ1n) is 8.58. The molecule has 3 rings (SSSR count). The number of likely N-dealkylation sites (tertiary alicyclic amines) is 1. The summed E-state index contributed by atoms with van der Waals surface area (Å²) in [6, 6.07) is 0.536. The van der Waals surface area contributed by atoms with Gasteiger partial charge in [0.2, 0.25) is 0 Å². The number of nitrogens with one attached hydrogen (secondary N) is 1. The first-order valence-corrected chi connectivity index (χ1v) is 8.58. The van der Waals surface area contributed by atoms with Crippen LogP contribution in [0.25, 0.3) is 0 Å². The van der Waals surface area contributed by atoms with Gasteiger partial charge >= 0.3 is 0 Å². The van der Waals surface area contributed by atoms with Crippen molar-refractivity contribution in [2.45, 2.75) is 82.2 Å². The number of nitrogens with two attached hydrogens (primary N) is 1. The average Bonchev–Trinajstić information content (AvgIpc) is 3.12. The van der Waals surface area contributed by atoms with Gasteiger partial charge in [0.15, 0.2) is 0 Å². The van der Waals surface area contributed by atoms with Crippen LogP contribution in [-0.4, -0.2) is 29.6 Å². The molecule has 3 aliphatic rings. The monoisotopic (exact) mass is 265 g/mol. The fraction of sp³-hybridized carbons (Fsp3) is 1.00. The number of rotatable bonds is 4. The van der Waals surface area contributed by atoms with Crippen molar-refractivity contribution in [2.75, 3.05) is 13.1 Å². The maximum absolute atomic E-state index is 6.06. The summed E-state index contributed by atoms with van der Waals surface area (Å²) >= 11 is 0. The minimum absolute atomic E-state index is 0.396. The highest BCUT2D eigenvalue weighted by molar-refractivity contribution is 5.06. The van der Waals surface area contributed by atoms with Gasteiger partial charge in [-0.25, -0.2) is 0 Å². The molecule has 1 heterocycles. The number of hydrogen-bond acceptors (Lipinski definition) is 3. The minimum Gasteiger partial charge on any atom is -0.296 e. The zero-order chi connectivity index (χ0) is 13.1. The van der Waals surface area contributed by atoms with Crippen LogP contribution in [0.15, 0.2) is 0 Å². The van der Waals surface area contributed by atoms with Crippen LogP contribution in [0.5, 0.6) is 0 Å². The van der Waals surface area contributed by atoms with E-state index in [0.29, 0.717) is 11.6 Å². The van der Waals surface area contributed by atoms with Gasteiger partial charge in [-0.05, 0) is 57.5 Å². The smallest absolute Gasteiger partial charge is 0.0422 e. The van der Waals surface area contributed by atoms with E-state index in [2.05, 4.69) is 10.3 Å². The molecule has 1 unspecified atom stereocenters. The van der Waals surface area contributed by atoms with E-state index in [4.69, 9.17) is 5.84 Å². The molecule has 0 aromatic rings. The Hall–Kier alpha value is -0.120. The van der Waals surface area contributed by atoms with Gasteiger partial charge < -0.3 is 0 Å². The lowest BCUT2D eigenvalue weighted by Crippen LogP contribution is -2.63. The fourth-order valence-corrected chi connectivity index (χ4v) is 5.17. The average molecular weight is 265 g/mol. The number of nitrogens with zero attached hydrogens (tertiary/aromatic N) is 1. The molecule has 2 saturated carbocycles. The second kappa shape index (κ2) is 6.11. The SMILES string of the molecule is NNC(C1CCCCC1)C1(N2CCCC2)CCCC1. The second-order valence-corrected chi connectivity index (χ2v) is 7.05. The molecule has 1 atom stereocenters. The highest BCUT2D eigenvalue weighted by atomic mass is 15.3. The van der Waals surface area contributed by atoms with Gasteiger partial charge in [0.1, 0.15) is 0 Å². The third-order valence-electron chi connectivity index (χ3n) is 6.08. The van der Waals surface area contributed by atoms with Crippen LogP contribution in [0.1, 0.15) is 70.6 Å². The van der Waals surface area contributed by atoms with Gasteiger partial charge in [0.25, 0.3) is 0 Å². The van der Waals surface area contributed by atoms with Crippen molar-refractivity contribution in [1.82, 2.24) is 10.3 Å². The lowest BCUT2D eigenvalue weighted by Gasteiger charge is -2.48. The zero-order valence-electron chi connectivity index (χ0n) is 12.4. The van der Waals surface area contributed by atoms with Crippen LogP contribution in [0.4, 0.5) is 0 Å². The third-order valence-corrected chi connectivity index (χ3v) is 6.08. The molecule has 3 fully saturated rings. The van der Waals surface area contributed by atoms with Gasteiger partial charge in [0.05, 0.1) is 0 Å². The molecule has 1 aliphatic heterocycles. The van der Waals surface area contributed by atoms with Crippen LogP contribution >= 0.6 is 0 Å². The Bertz CT molecular complexity index is 274. The van der Waals surface area contributed by atoms with E-state index in [-0.39, 0.29) is 0 Å². The van der Waals surface area contributed by atoms with Gasteiger partial charge in [0, 0.05) is 11.6 Å². The fourth-order valence-electron chi connectivity index (χ4n) is 5.17. The first kappa shape index (κ1) is 13.8. The molecule has 0 aromatic heterocycles. The van der Waals surface area contributed by atoms with Crippen molar-refractivity contribution in [1.29, 1.82) is 0 Å². The van der Waals surface area contributed by atoms with Crippen molar-refractivity contribution >= 4 is 0 Å². The molecule has 19 heavy (non-hydrogen) atoms. The molecule has 3 heteroatoms. The molecule has 0 aromatic carbocycles. The molecule has 0 amide bonds. The lowest BCUT2D eigenvalue weighted by molar-refractivity contribution is 0.0406. The van der Waals surface area contributed by atoms with E-state index in [1.807, 2.05) is 0 Å². The molecular formula is C16H31N3. The van der Waals surface area contributed by atoms with E-state index in [1.54, 1.807) is 0 Å². The van der Waals surface area contributed by atoms with E-state index in [9.17, 15) is 0 Å². The van der Waals surface area contributed by atoms with Crippen molar-refractivity contribution in [3.8, 4) is 0 Å². The molecule has 3 N–H and O–H groups in total. The van der Waals surface area contributed by atoms with Crippen LogP contribution in [-0.2, 0) is 0 Å². The van der Waals surface area contributed by atoms with E-state index < -0.39 is 0 Å². The largest absolute Gasteiger partial charge is 0.296 e. The maximum atomic E-state index is 6.06. The first-order chi connectivity index (χ1) is 9.37. The molecule has 0 spiro atoms. The Morgan fingerprint density at radius 2 is 1.53 bits per heavy atom. The molecule has 1 saturated heterocycles. The predicted molar refractivity (Wildman–Crippen MR) is 79.7 cm³/mol. The normalized spacial score (nSPS) is 30.8. The summed E-state index contributed by atoms with van der Waals surface area (Å²) in [5.74, 6) is 6.88. The maximum Gasteiger partial charge on any atom is 0.0422 e. The molecular weight excluding hydrogens is 234 g/mol. The van der Waals surface area contributed by atoms with Gasteiger partial charge in [-0.2, -0.15) is 0 Å². The van der Waals surface area contributed by atoms with E-state index in [0.717, 1.165) is 5.92 Å². The summed E-state index contributed by atoms with van der Waals surface area (Å²) in [4.78, 5) is 2.80. The Balaban J connectivity index is 1.79. The van der Waals surface area contributed by atoms with Crippen molar-refractivity contribution in [2.24, 2.45) is 11.8 Å². The van der Waals surface area contributed by atoms with Crippen LogP contribution < -0.4 is 11.3 Å². The highest BCUT2D eigenvalue weighted by Crippen LogP contribution is 2.44. The topological polar surface area (TPSA) is 41.3 Å². The summed E-state index contributed by atoms with van der Waals surface area (Å²) < 4.78 is 0. The Labute approximate surface area is 118 Å². The van der Waals surface area contributed by atoms with Gasteiger partial charge in [-0.1, -0.05) is 32.1 Å². The Morgan fingerprint density at radius 1 is 0.895 bits per heavy atom. The van der Waals surface area contributed by atoms with Crippen molar-refractivity contribution < 1.29 is 0 Å². The van der Waals surface area contributed by atoms with Crippen molar-refractivity contribution in [3.63, 3.8) is 0 Å². The molecule has 110 valence electrons. The summed E-state index contributed by atoms with van der Waals surface area (Å²) in [6.45, 7) is 2.62. The standard InChI is InChI=1S/C16H31N3/c17-18-15(14-8-2-1-3-9-14)16(10-4-5-11-16)19-12-6-7-13-19/h14-15,18H,1-13,17H2. The predicted octanol–water partition coefficient (Wildman–Crippen LogP) is 2.81. The Kier molecular flexibility index (Phi) is 4.45. The van der Waals surface area contributed by atoms with Crippen LogP contribution in [0, 0.1) is 5.92 Å². The quantitative estimate of drug-likeness (QED) is 0.606. The third kappa shape index (κ3) is 2.57. The number of hydrogen-bond donors (Lipinski definition) is 2. The molecule has 2 aliphatic carbocycles.